The number of urea groups is 1. The van der Waals surface area contributed by atoms with Gasteiger partial charge in [-0.15, -0.1) is 11.3 Å². The number of phenolic OH excluding ortho intramolecular Hbond substituents is 1. The summed E-state index contributed by atoms with van der Waals surface area (Å²) in [5, 5.41) is 15.1. The zero-order valence-corrected chi connectivity index (χ0v) is 26.8. The first-order chi connectivity index (χ1) is 22.0. The number of ether oxygens (including phenoxy) is 1. The Hall–Kier alpha value is -3.23. The minimum Gasteiger partial charge on any atom is -0.506 e. The quantitative estimate of drug-likeness (QED) is 0.401. The highest BCUT2D eigenvalue weighted by atomic mass is 35.5. The third-order valence-corrected chi connectivity index (χ3v) is 10.7. The molecule has 6 rings (SSSR count). The second-order valence-electron chi connectivity index (χ2n) is 12.4. The molecule has 5 heterocycles. The van der Waals surface area contributed by atoms with Crippen LogP contribution in [-0.4, -0.2) is 100 Å². The first kappa shape index (κ1) is 32.7. The van der Waals surface area contributed by atoms with E-state index in [2.05, 4.69) is 10.2 Å². The van der Waals surface area contributed by atoms with Crippen LogP contribution in [0.3, 0.4) is 0 Å². The van der Waals surface area contributed by atoms with Crippen molar-refractivity contribution in [3.8, 4) is 5.75 Å². The fourth-order valence-electron chi connectivity index (χ4n) is 6.99. The zero-order valence-electron chi connectivity index (χ0n) is 25.2. The number of amides is 4. The standard InChI is InChI=1S/C31H37ClF3N5O5S/c32-24-16-19(15-23(26(24)41)31(33,34)35)17-25(28(42)38-10-3-21(4-11-38)37-8-1-2-9-37)45-30(44)39-12-5-22(6-13-39)40-18-20-7-14-46-27(20)36-29(40)43/h7,14-16,21-22,25,41H,1-6,8-13,17-18H2,(H,36,43)/t25-/m1/s1. The molecule has 1 aromatic heterocycles. The predicted octanol–water partition coefficient (Wildman–Crippen LogP) is 5.77. The topological polar surface area (TPSA) is 106 Å². The summed E-state index contributed by atoms with van der Waals surface area (Å²) in [7, 11) is 0. The van der Waals surface area contributed by atoms with Gasteiger partial charge >= 0.3 is 18.3 Å². The number of piperidine rings is 2. The molecular formula is C31H37ClF3N5O5S. The van der Waals surface area contributed by atoms with E-state index in [0.29, 0.717) is 38.5 Å². The number of thiophene rings is 1. The zero-order chi connectivity index (χ0) is 32.6. The summed E-state index contributed by atoms with van der Waals surface area (Å²) in [4.78, 5) is 47.3. The molecule has 46 heavy (non-hydrogen) atoms. The van der Waals surface area contributed by atoms with Gasteiger partial charge in [0.1, 0.15) is 10.8 Å². The van der Waals surface area contributed by atoms with Crippen LogP contribution in [0, 0.1) is 0 Å². The van der Waals surface area contributed by atoms with Crippen LogP contribution in [0.1, 0.15) is 55.2 Å². The number of aromatic hydroxyl groups is 1. The number of carbonyl (C=O) groups is 3. The van der Waals surface area contributed by atoms with Gasteiger partial charge in [-0.1, -0.05) is 11.6 Å². The molecule has 10 nitrogen and oxygen atoms in total. The van der Waals surface area contributed by atoms with E-state index in [0.717, 1.165) is 61.5 Å². The molecule has 0 unspecified atom stereocenters. The van der Waals surface area contributed by atoms with Gasteiger partial charge in [0.25, 0.3) is 5.91 Å². The summed E-state index contributed by atoms with van der Waals surface area (Å²) >= 11 is 7.43. The maximum Gasteiger partial charge on any atom is 0.420 e. The second kappa shape index (κ2) is 13.5. The van der Waals surface area contributed by atoms with E-state index in [1.807, 2.05) is 11.4 Å². The van der Waals surface area contributed by atoms with Gasteiger partial charge in [-0.2, -0.15) is 13.2 Å². The molecule has 15 heteroatoms. The summed E-state index contributed by atoms with van der Waals surface area (Å²) in [5.74, 6) is -1.57. The molecule has 0 saturated carbocycles. The van der Waals surface area contributed by atoms with Gasteiger partial charge in [-0.05, 0) is 80.8 Å². The smallest absolute Gasteiger partial charge is 0.420 e. The molecule has 1 atom stereocenters. The van der Waals surface area contributed by atoms with Crippen molar-refractivity contribution in [2.75, 3.05) is 44.6 Å². The van der Waals surface area contributed by atoms with E-state index in [1.165, 1.54) is 16.2 Å². The van der Waals surface area contributed by atoms with Crippen LogP contribution < -0.4 is 5.32 Å². The van der Waals surface area contributed by atoms with Gasteiger partial charge in [0.05, 0.1) is 17.1 Å². The molecule has 3 saturated heterocycles. The molecule has 3 fully saturated rings. The van der Waals surface area contributed by atoms with E-state index in [1.54, 1.807) is 9.80 Å². The number of anilines is 1. The molecular weight excluding hydrogens is 647 g/mol. The Kier molecular flexibility index (Phi) is 9.58. The minimum absolute atomic E-state index is 0.0100. The molecule has 0 bridgehead atoms. The van der Waals surface area contributed by atoms with E-state index < -0.39 is 40.6 Å². The highest BCUT2D eigenvalue weighted by Gasteiger charge is 2.39. The molecule has 1 aromatic carbocycles. The van der Waals surface area contributed by atoms with Crippen molar-refractivity contribution in [1.82, 2.24) is 19.6 Å². The Morgan fingerprint density at radius 2 is 1.67 bits per heavy atom. The van der Waals surface area contributed by atoms with Crippen molar-refractivity contribution in [1.29, 1.82) is 0 Å². The number of phenols is 1. The predicted molar refractivity (Wildman–Crippen MR) is 166 cm³/mol. The molecule has 4 aliphatic heterocycles. The lowest BCUT2D eigenvalue weighted by molar-refractivity contribution is -0.142. The van der Waals surface area contributed by atoms with Gasteiger partial charge in [0.2, 0.25) is 0 Å². The Labute approximate surface area is 274 Å². The highest BCUT2D eigenvalue weighted by Crippen LogP contribution is 2.41. The monoisotopic (exact) mass is 683 g/mol. The number of hydrogen-bond donors (Lipinski definition) is 2. The highest BCUT2D eigenvalue weighted by molar-refractivity contribution is 7.14. The lowest BCUT2D eigenvalue weighted by Gasteiger charge is -2.40. The van der Waals surface area contributed by atoms with Crippen LogP contribution in [-0.2, 0) is 28.7 Å². The van der Waals surface area contributed by atoms with Crippen molar-refractivity contribution in [3.05, 3.63) is 45.3 Å². The van der Waals surface area contributed by atoms with Crippen LogP contribution in [0.5, 0.6) is 5.75 Å². The van der Waals surface area contributed by atoms with Crippen molar-refractivity contribution >= 4 is 46.0 Å². The second-order valence-corrected chi connectivity index (χ2v) is 13.7. The average molecular weight is 684 g/mol. The van der Waals surface area contributed by atoms with E-state index in [9.17, 15) is 32.7 Å². The molecule has 0 radical (unpaired) electrons. The Morgan fingerprint density at radius 1 is 1.02 bits per heavy atom. The van der Waals surface area contributed by atoms with E-state index >= 15 is 0 Å². The Morgan fingerprint density at radius 3 is 2.35 bits per heavy atom. The third kappa shape index (κ3) is 7.03. The summed E-state index contributed by atoms with van der Waals surface area (Å²) in [6.45, 7) is 4.04. The molecule has 250 valence electrons. The van der Waals surface area contributed by atoms with Crippen molar-refractivity contribution < 1.29 is 37.4 Å². The summed E-state index contributed by atoms with van der Waals surface area (Å²) in [5.41, 5.74) is -0.270. The number of halogens is 4. The third-order valence-electron chi connectivity index (χ3n) is 9.53. The summed E-state index contributed by atoms with van der Waals surface area (Å²) in [6.07, 6.45) is -2.49. The maximum absolute atomic E-state index is 13.8. The number of benzene rings is 1. The first-order valence-electron chi connectivity index (χ1n) is 15.7. The van der Waals surface area contributed by atoms with Crippen molar-refractivity contribution in [2.45, 2.75) is 75.9 Å². The van der Waals surface area contributed by atoms with Crippen molar-refractivity contribution in [2.24, 2.45) is 0 Å². The number of nitrogens with zero attached hydrogens (tertiary/aromatic N) is 4. The summed E-state index contributed by atoms with van der Waals surface area (Å²) < 4.78 is 46.7. The average Bonchev–Trinajstić information content (AvgIpc) is 3.74. The van der Waals surface area contributed by atoms with E-state index in [4.69, 9.17) is 16.3 Å². The van der Waals surface area contributed by atoms with E-state index in [-0.39, 0.29) is 37.1 Å². The lowest BCUT2D eigenvalue weighted by Crippen LogP contribution is -2.52. The van der Waals surface area contributed by atoms with Gasteiger partial charge in [0, 0.05) is 50.2 Å². The number of hydrogen-bond acceptors (Lipinski definition) is 7. The SMILES string of the molecule is O=C(O[C@H](Cc1cc(Cl)c(O)c(C(F)(F)F)c1)C(=O)N1CCC(N2CCCC2)CC1)N1CCC(N2Cc3ccsc3NC2=O)CC1. The number of likely N-dealkylation sites (tertiary alicyclic amines) is 3. The van der Waals surface area contributed by atoms with Gasteiger partial charge in [0.15, 0.2) is 6.10 Å². The van der Waals surface area contributed by atoms with Gasteiger partial charge in [-0.25, -0.2) is 9.59 Å². The maximum atomic E-state index is 13.8. The van der Waals surface area contributed by atoms with Crippen molar-refractivity contribution in [3.63, 3.8) is 0 Å². The number of rotatable bonds is 6. The fraction of sp³-hybridized carbons (Fsp3) is 0.581. The van der Waals surface area contributed by atoms with Gasteiger partial charge in [-0.3, -0.25) is 10.1 Å². The number of fused-ring (bicyclic) bond motifs is 1. The normalized spacial score (nSPS) is 20.9. The number of carbonyl (C=O) groups excluding carboxylic acids is 3. The first-order valence-corrected chi connectivity index (χ1v) is 16.9. The van der Waals surface area contributed by atoms with Crippen LogP contribution in [0.4, 0.5) is 27.8 Å². The Bertz CT molecular complexity index is 1450. The molecule has 2 N–H and O–H groups in total. The Balaban J connectivity index is 1.13. The lowest BCUT2D eigenvalue weighted by atomic mass is 10.00. The van der Waals surface area contributed by atoms with Gasteiger partial charge < -0.3 is 29.4 Å². The van der Waals surface area contributed by atoms with Crippen LogP contribution in [0.25, 0.3) is 0 Å². The molecule has 0 aliphatic carbocycles. The number of alkyl halides is 3. The van der Waals surface area contributed by atoms with Crippen LogP contribution in [0.15, 0.2) is 23.6 Å². The number of nitrogens with one attached hydrogen (secondary N) is 1. The molecule has 0 spiro atoms. The largest absolute Gasteiger partial charge is 0.506 e. The molecule has 4 amide bonds. The fourth-order valence-corrected chi connectivity index (χ4v) is 8.03. The van der Waals surface area contributed by atoms with Crippen LogP contribution >= 0.6 is 22.9 Å². The molecule has 4 aliphatic rings. The minimum atomic E-state index is -4.88. The van der Waals surface area contributed by atoms with Crippen LogP contribution in [0.2, 0.25) is 5.02 Å². The summed E-state index contributed by atoms with van der Waals surface area (Å²) in [6, 6.07) is 3.97. The molecule has 2 aromatic rings.